The standard InChI is InChI=1S/C15H12N2S2/c18-15(19)17-8-7-16-14(17)10-11-5-6-12-3-1-2-4-13(12)9-11/h1-9H,10H2,(H,18,19). The van der Waals surface area contributed by atoms with Crippen LogP contribution in [0.25, 0.3) is 10.8 Å². The zero-order valence-corrected chi connectivity index (χ0v) is 11.9. The first kappa shape index (κ1) is 12.4. The van der Waals surface area contributed by atoms with E-state index in [0.717, 1.165) is 12.2 Å². The number of imidazole rings is 1. The lowest BCUT2D eigenvalue weighted by Crippen LogP contribution is -2.06. The molecule has 94 valence electrons. The Labute approximate surface area is 122 Å². The normalized spacial score (nSPS) is 10.8. The number of benzene rings is 2. The Morgan fingerprint density at radius 2 is 1.95 bits per heavy atom. The summed E-state index contributed by atoms with van der Waals surface area (Å²) in [7, 11) is 0. The topological polar surface area (TPSA) is 17.8 Å². The highest BCUT2D eigenvalue weighted by atomic mass is 32.1. The first-order valence-electron chi connectivity index (χ1n) is 5.97. The Bertz CT molecular complexity index is 746. The van der Waals surface area contributed by atoms with E-state index in [-0.39, 0.29) is 0 Å². The van der Waals surface area contributed by atoms with E-state index in [2.05, 4.69) is 54.0 Å². The second-order valence-corrected chi connectivity index (χ2v) is 5.47. The number of hydrogen-bond acceptors (Lipinski definition) is 2. The third kappa shape index (κ3) is 2.55. The molecule has 0 radical (unpaired) electrons. The summed E-state index contributed by atoms with van der Waals surface area (Å²) in [6, 6.07) is 14.8. The van der Waals surface area contributed by atoms with E-state index in [1.165, 1.54) is 16.3 Å². The maximum Gasteiger partial charge on any atom is 0.142 e. The van der Waals surface area contributed by atoms with Crippen molar-refractivity contribution in [2.24, 2.45) is 0 Å². The van der Waals surface area contributed by atoms with Crippen LogP contribution in [0.1, 0.15) is 11.4 Å². The van der Waals surface area contributed by atoms with Gasteiger partial charge in [-0.25, -0.2) is 4.98 Å². The largest absolute Gasteiger partial charge is 0.289 e. The third-order valence-corrected chi connectivity index (χ3v) is 3.51. The zero-order valence-electron chi connectivity index (χ0n) is 10.2. The summed E-state index contributed by atoms with van der Waals surface area (Å²) in [6.07, 6.45) is 4.34. The molecule has 0 atom stereocenters. The van der Waals surface area contributed by atoms with Gasteiger partial charge in [-0.05, 0) is 16.3 Å². The van der Waals surface area contributed by atoms with Crippen LogP contribution in [0.3, 0.4) is 0 Å². The minimum absolute atomic E-state index is 0.522. The monoisotopic (exact) mass is 284 g/mol. The van der Waals surface area contributed by atoms with E-state index < -0.39 is 0 Å². The molecule has 3 aromatic rings. The van der Waals surface area contributed by atoms with Gasteiger partial charge < -0.3 is 0 Å². The van der Waals surface area contributed by atoms with Gasteiger partial charge in [-0.3, -0.25) is 4.57 Å². The van der Waals surface area contributed by atoms with Crippen LogP contribution in [0.5, 0.6) is 0 Å². The Morgan fingerprint density at radius 3 is 2.74 bits per heavy atom. The van der Waals surface area contributed by atoms with E-state index in [1.807, 2.05) is 16.8 Å². The van der Waals surface area contributed by atoms with Crippen LogP contribution in [0, 0.1) is 0 Å². The van der Waals surface area contributed by atoms with Gasteiger partial charge in [0.05, 0.1) is 0 Å². The second-order valence-electron chi connectivity index (χ2n) is 4.35. The lowest BCUT2D eigenvalue weighted by Gasteiger charge is -2.06. The van der Waals surface area contributed by atoms with Crippen LogP contribution in [0.2, 0.25) is 0 Å². The molecule has 0 saturated carbocycles. The van der Waals surface area contributed by atoms with Gasteiger partial charge in [0.15, 0.2) is 0 Å². The third-order valence-electron chi connectivity index (χ3n) is 3.10. The van der Waals surface area contributed by atoms with Gasteiger partial charge in [-0.15, -0.1) is 12.6 Å². The molecule has 1 heterocycles. The predicted molar refractivity (Wildman–Crippen MR) is 86.0 cm³/mol. The average Bonchev–Trinajstić information content (AvgIpc) is 2.87. The molecule has 0 saturated heterocycles. The molecule has 4 heteroatoms. The lowest BCUT2D eigenvalue weighted by molar-refractivity contribution is 0.969. The highest BCUT2D eigenvalue weighted by Crippen LogP contribution is 2.17. The molecule has 0 bridgehead atoms. The number of thiocarbonyl (C=S) groups is 1. The fraction of sp³-hybridized carbons (Fsp3) is 0.0667. The maximum atomic E-state index is 5.08. The van der Waals surface area contributed by atoms with Crippen molar-refractivity contribution in [1.29, 1.82) is 0 Å². The van der Waals surface area contributed by atoms with Crippen LogP contribution in [0.4, 0.5) is 0 Å². The van der Waals surface area contributed by atoms with Crippen LogP contribution < -0.4 is 0 Å². The van der Waals surface area contributed by atoms with Gasteiger partial charge in [0.1, 0.15) is 10.1 Å². The second kappa shape index (κ2) is 5.15. The molecule has 0 N–H and O–H groups in total. The molecule has 0 spiro atoms. The smallest absolute Gasteiger partial charge is 0.142 e. The van der Waals surface area contributed by atoms with Gasteiger partial charge in [-0.2, -0.15) is 0 Å². The number of hydrogen-bond donors (Lipinski definition) is 1. The van der Waals surface area contributed by atoms with Gasteiger partial charge in [0.2, 0.25) is 0 Å². The molecule has 3 rings (SSSR count). The first-order valence-corrected chi connectivity index (χ1v) is 6.83. The summed E-state index contributed by atoms with van der Waals surface area (Å²) in [5.74, 6) is 0.912. The molecular weight excluding hydrogens is 272 g/mol. The Balaban J connectivity index is 1.97. The van der Waals surface area contributed by atoms with Crippen LogP contribution in [-0.2, 0) is 6.42 Å². The molecule has 0 aliphatic carbocycles. The molecule has 0 aliphatic rings. The van der Waals surface area contributed by atoms with Crippen molar-refractivity contribution in [1.82, 2.24) is 9.55 Å². The number of thiol groups is 1. The van der Waals surface area contributed by atoms with E-state index in [0.29, 0.717) is 4.32 Å². The van der Waals surface area contributed by atoms with E-state index in [1.54, 1.807) is 6.20 Å². The van der Waals surface area contributed by atoms with Crippen molar-refractivity contribution in [3.8, 4) is 0 Å². The Kier molecular flexibility index (Phi) is 3.36. The van der Waals surface area contributed by atoms with Gasteiger partial charge in [0.25, 0.3) is 0 Å². The molecule has 0 amide bonds. The van der Waals surface area contributed by atoms with Gasteiger partial charge in [0, 0.05) is 18.8 Å². The fourth-order valence-electron chi connectivity index (χ4n) is 2.17. The summed E-state index contributed by atoms with van der Waals surface area (Å²) < 4.78 is 2.35. The molecule has 2 aromatic carbocycles. The molecular formula is C15H12N2S2. The number of fused-ring (bicyclic) bond motifs is 1. The molecule has 1 aromatic heterocycles. The lowest BCUT2D eigenvalue weighted by atomic mass is 10.1. The van der Waals surface area contributed by atoms with Crippen molar-refractivity contribution in [3.63, 3.8) is 0 Å². The van der Waals surface area contributed by atoms with Gasteiger partial charge in [-0.1, -0.05) is 54.7 Å². The van der Waals surface area contributed by atoms with Crippen LogP contribution >= 0.6 is 24.8 Å². The highest BCUT2D eigenvalue weighted by Gasteiger charge is 2.06. The van der Waals surface area contributed by atoms with Crippen LogP contribution in [0.15, 0.2) is 54.9 Å². The van der Waals surface area contributed by atoms with Crippen LogP contribution in [-0.4, -0.2) is 13.9 Å². The summed E-state index contributed by atoms with van der Waals surface area (Å²) in [4.78, 5) is 4.34. The van der Waals surface area contributed by atoms with Crippen molar-refractivity contribution >= 4 is 39.9 Å². The Morgan fingerprint density at radius 1 is 1.16 bits per heavy atom. The summed E-state index contributed by atoms with van der Waals surface area (Å²) >= 11 is 9.29. The average molecular weight is 284 g/mol. The predicted octanol–water partition coefficient (Wildman–Crippen LogP) is 3.69. The van der Waals surface area contributed by atoms with E-state index in [4.69, 9.17) is 12.2 Å². The highest BCUT2D eigenvalue weighted by molar-refractivity contribution is 8.11. The molecule has 0 aliphatic heterocycles. The summed E-state index contributed by atoms with van der Waals surface area (Å²) in [6.45, 7) is 0. The SMILES string of the molecule is S=C(S)n1ccnc1Cc1ccc2ccccc2c1. The maximum absolute atomic E-state index is 5.08. The van der Waals surface area contributed by atoms with E-state index in [9.17, 15) is 0 Å². The zero-order chi connectivity index (χ0) is 13.2. The number of aromatic nitrogens is 2. The van der Waals surface area contributed by atoms with Crippen molar-refractivity contribution in [3.05, 3.63) is 66.2 Å². The number of rotatable bonds is 2. The van der Waals surface area contributed by atoms with Crippen molar-refractivity contribution in [2.75, 3.05) is 0 Å². The quantitative estimate of drug-likeness (QED) is 0.571. The molecule has 0 unspecified atom stereocenters. The fourth-order valence-corrected chi connectivity index (χ4v) is 2.52. The number of nitrogens with zero attached hydrogens (tertiary/aromatic N) is 2. The summed E-state index contributed by atoms with van der Waals surface area (Å²) in [5, 5.41) is 2.49. The molecule has 0 fully saturated rings. The summed E-state index contributed by atoms with van der Waals surface area (Å²) in [5.41, 5.74) is 1.22. The van der Waals surface area contributed by atoms with Crippen molar-refractivity contribution in [2.45, 2.75) is 6.42 Å². The van der Waals surface area contributed by atoms with Gasteiger partial charge >= 0.3 is 0 Å². The Hall–Kier alpha value is -1.65. The first-order chi connectivity index (χ1) is 9.24. The minimum atomic E-state index is 0.522. The van der Waals surface area contributed by atoms with Crippen molar-refractivity contribution < 1.29 is 0 Å². The van der Waals surface area contributed by atoms with E-state index >= 15 is 0 Å². The molecule has 2 nitrogen and oxygen atoms in total. The minimum Gasteiger partial charge on any atom is -0.289 e. The molecule has 19 heavy (non-hydrogen) atoms.